The van der Waals surface area contributed by atoms with Crippen LogP contribution in [0.5, 0.6) is 0 Å². The van der Waals surface area contributed by atoms with Crippen molar-refractivity contribution in [1.29, 1.82) is 0 Å². The number of aldehydes is 1. The second kappa shape index (κ2) is 3.25. The number of hydrogen-bond donors (Lipinski definition) is 0. The van der Waals surface area contributed by atoms with Gasteiger partial charge in [0.15, 0.2) is 6.29 Å². The van der Waals surface area contributed by atoms with E-state index in [1.54, 1.807) is 6.07 Å². The predicted octanol–water partition coefficient (Wildman–Crippen LogP) is 1.12. The summed E-state index contributed by atoms with van der Waals surface area (Å²) >= 11 is 5.47. The summed E-state index contributed by atoms with van der Waals surface area (Å²) in [6.07, 6.45) is 0.207. The van der Waals surface area contributed by atoms with Crippen molar-refractivity contribution in [3.63, 3.8) is 0 Å². The first-order valence-electron chi connectivity index (χ1n) is 2.86. The maximum Gasteiger partial charge on any atom is 0.243 e. The maximum atomic E-state index is 10.7. The molecule has 1 heterocycles. The third kappa shape index (κ3) is 1.85. The average molecular weight is 170 g/mol. The summed E-state index contributed by atoms with van der Waals surface area (Å²) in [5, 5.41) is 0.206. The van der Waals surface area contributed by atoms with Crippen molar-refractivity contribution < 1.29 is 9.59 Å². The molecule has 56 valence electrons. The van der Waals surface area contributed by atoms with Gasteiger partial charge < -0.3 is 0 Å². The maximum absolute atomic E-state index is 10.7. The van der Waals surface area contributed by atoms with Gasteiger partial charge in [-0.3, -0.25) is 9.59 Å². The monoisotopic (exact) mass is 169 g/mol. The summed E-state index contributed by atoms with van der Waals surface area (Å²) in [5.41, 5.74) is 0.0764. The molecule has 0 fully saturated rings. The van der Waals surface area contributed by atoms with Crippen molar-refractivity contribution in [1.82, 2.24) is 4.98 Å². The number of hydrogen-bond acceptors (Lipinski definition) is 3. The van der Waals surface area contributed by atoms with E-state index in [2.05, 4.69) is 4.98 Å². The van der Waals surface area contributed by atoms with Crippen molar-refractivity contribution >= 4 is 23.7 Å². The van der Waals surface area contributed by atoms with E-state index >= 15 is 0 Å². The zero-order chi connectivity index (χ0) is 8.27. The summed E-state index contributed by atoms with van der Waals surface area (Å²) in [4.78, 5) is 24.3. The van der Waals surface area contributed by atoms with Crippen molar-refractivity contribution in [2.24, 2.45) is 0 Å². The van der Waals surface area contributed by atoms with Crippen LogP contribution in [-0.4, -0.2) is 17.1 Å². The molecule has 0 unspecified atom stereocenters. The molecule has 0 atom stereocenters. The van der Waals surface area contributed by atoms with Gasteiger partial charge in [0, 0.05) is 0 Å². The second-order valence-electron chi connectivity index (χ2n) is 1.83. The van der Waals surface area contributed by atoms with Crippen LogP contribution < -0.4 is 0 Å². The summed E-state index contributed by atoms with van der Waals surface area (Å²) in [6.45, 7) is 0. The number of halogens is 1. The Morgan fingerprint density at radius 3 is 2.82 bits per heavy atom. The molecule has 4 heteroatoms. The molecule has 0 aliphatic heterocycles. The molecule has 0 bridgehead atoms. The SMILES string of the molecule is O=CC(=O)c1cccc(Cl)n1. The van der Waals surface area contributed by atoms with E-state index in [1.165, 1.54) is 12.1 Å². The summed E-state index contributed by atoms with van der Waals surface area (Å²) in [7, 11) is 0. The normalized spacial score (nSPS) is 9.18. The number of rotatable bonds is 2. The van der Waals surface area contributed by atoms with Gasteiger partial charge in [-0.05, 0) is 12.1 Å². The fourth-order valence-corrected chi connectivity index (χ4v) is 0.770. The molecule has 0 aliphatic rings. The second-order valence-corrected chi connectivity index (χ2v) is 2.21. The van der Waals surface area contributed by atoms with Crippen molar-refractivity contribution in [2.75, 3.05) is 0 Å². The first-order valence-corrected chi connectivity index (χ1v) is 3.24. The van der Waals surface area contributed by atoms with E-state index in [-0.39, 0.29) is 17.1 Å². The molecule has 0 spiro atoms. The highest BCUT2D eigenvalue weighted by Crippen LogP contribution is 2.04. The highest BCUT2D eigenvalue weighted by molar-refractivity contribution is 6.33. The van der Waals surface area contributed by atoms with Gasteiger partial charge >= 0.3 is 0 Å². The van der Waals surface area contributed by atoms with Gasteiger partial charge in [-0.25, -0.2) is 4.98 Å². The van der Waals surface area contributed by atoms with Crippen LogP contribution in [-0.2, 0) is 4.79 Å². The molecule has 0 saturated heterocycles. The summed E-state index contributed by atoms with van der Waals surface area (Å²) < 4.78 is 0. The average Bonchev–Trinajstić information content (AvgIpc) is 2.03. The third-order valence-corrected chi connectivity index (χ3v) is 1.29. The van der Waals surface area contributed by atoms with Gasteiger partial charge in [-0.1, -0.05) is 17.7 Å². The fraction of sp³-hybridized carbons (Fsp3) is 0. The molecule has 1 rings (SSSR count). The highest BCUT2D eigenvalue weighted by atomic mass is 35.5. The molecule has 1 aromatic heterocycles. The van der Waals surface area contributed by atoms with Crippen LogP contribution >= 0.6 is 11.6 Å². The van der Waals surface area contributed by atoms with Gasteiger partial charge in [0.05, 0.1) is 0 Å². The Hall–Kier alpha value is -1.22. The molecule has 0 aromatic carbocycles. The van der Waals surface area contributed by atoms with Crippen LogP contribution in [0, 0.1) is 0 Å². The lowest BCUT2D eigenvalue weighted by Gasteiger charge is -1.91. The minimum absolute atomic E-state index is 0.0764. The topological polar surface area (TPSA) is 47.0 Å². The predicted molar refractivity (Wildman–Crippen MR) is 39.6 cm³/mol. The van der Waals surface area contributed by atoms with Crippen LogP contribution in [0.1, 0.15) is 10.5 Å². The molecule has 3 nitrogen and oxygen atoms in total. The Balaban J connectivity index is 3.05. The Bertz CT molecular complexity index is 298. The van der Waals surface area contributed by atoms with E-state index in [4.69, 9.17) is 11.6 Å². The Morgan fingerprint density at radius 1 is 1.55 bits per heavy atom. The first kappa shape index (κ1) is 7.88. The van der Waals surface area contributed by atoms with Gasteiger partial charge in [-0.2, -0.15) is 0 Å². The Labute approximate surface area is 68.0 Å². The van der Waals surface area contributed by atoms with E-state index < -0.39 is 5.78 Å². The quantitative estimate of drug-likeness (QED) is 0.289. The minimum atomic E-state index is -0.660. The number of aromatic nitrogens is 1. The number of Topliss-reactive ketones (excluding diaryl/α,β-unsaturated/α-hetero) is 1. The molecular weight excluding hydrogens is 166 g/mol. The van der Waals surface area contributed by atoms with Gasteiger partial charge in [-0.15, -0.1) is 0 Å². The van der Waals surface area contributed by atoms with E-state index in [9.17, 15) is 9.59 Å². The highest BCUT2D eigenvalue weighted by Gasteiger charge is 2.04. The molecule has 0 N–H and O–H groups in total. The lowest BCUT2D eigenvalue weighted by molar-refractivity contribution is -0.104. The largest absolute Gasteiger partial charge is 0.294 e. The molecule has 0 aliphatic carbocycles. The van der Waals surface area contributed by atoms with E-state index in [0.29, 0.717) is 0 Å². The minimum Gasteiger partial charge on any atom is -0.294 e. The number of nitrogens with zero attached hydrogens (tertiary/aromatic N) is 1. The molecule has 1 aromatic rings. The zero-order valence-electron chi connectivity index (χ0n) is 5.45. The van der Waals surface area contributed by atoms with Crippen LogP contribution in [0.2, 0.25) is 5.15 Å². The summed E-state index contributed by atoms with van der Waals surface area (Å²) in [6, 6.07) is 4.53. The van der Waals surface area contributed by atoms with E-state index in [1.807, 2.05) is 0 Å². The van der Waals surface area contributed by atoms with Gasteiger partial charge in [0.2, 0.25) is 5.78 Å². The fourth-order valence-electron chi connectivity index (χ4n) is 0.606. The Morgan fingerprint density at radius 2 is 2.27 bits per heavy atom. The third-order valence-electron chi connectivity index (χ3n) is 1.07. The van der Waals surface area contributed by atoms with Crippen molar-refractivity contribution in [3.05, 3.63) is 29.0 Å². The molecule has 11 heavy (non-hydrogen) atoms. The number of pyridine rings is 1. The summed E-state index contributed by atoms with van der Waals surface area (Å²) in [5.74, 6) is -0.660. The zero-order valence-corrected chi connectivity index (χ0v) is 6.21. The molecule has 0 amide bonds. The van der Waals surface area contributed by atoms with Crippen molar-refractivity contribution in [2.45, 2.75) is 0 Å². The van der Waals surface area contributed by atoms with E-state index in [0.717, 1.165) is 0 Å². The Kier molecular flexibility index (Phi) is 2.33. The lowest BCUT2D eigenvalue weighted by atomic mass is 10.3. The first-order chi connectivity index (χ1) is 5.24. The van der Waals surface area contributed by atoms with Crippen LogP contribution in [0.3, 0.4) is 0 Å². The van der Waals surface area contributed by atoms with Gasteiger partial charge in [0.1, 0.15) is 10.8 Å². The van der Waals surface area contributed by atoms with Gasteiger partial charge in [0.25, 0.3) is 0 Å². The standard InChI is InChI=1S/C7H4ClNO2/c8-7-3-1-2-5(9-7)6(11)4-10/h1-4H. The number of carbonyl (C=O) groups is 2. The number of carbonyl (C=O) groups excluding carboxylic acids is 2. The van der Waals surface area contributed by atoms with Crippen molar-refractivity contribution in [3.8, 4) is 0 Å². The smallest absolute Gasteiger partial charge is 0.243 e. The lowest BCUT2D eigenvalue weighted by Crippen LogP contribution is -2.02. The number of ketones is 1. The molecular formula is C7H4ClNO2. The molecule has 0 radical (unpaired) electrons. The molecule has 0 saturated carbocycles. The van der Waals surface area contributed by atoms with Crippen LogP contribution in [0.4, 0.5) is 0 Å². The van der Waals surface area contributed by atoms with Crippen LogP contribution in [0.25, 0.3) is 0 Å². The van der Waals surface area contributed by atoms with Crippen LogP contribution in [0.15, 0.2) is 18.2 Å².